The summed E-state index contributed by atoms with van der Waals surface area (Å²) in [5.74, 6) is 2.21. The van der Waals surface area contributed by atoms with Crippen LogP contribution in [-0.2, 0) is 11.3 Å². The highest BCUT2D eigenvalue weighted by molar-refractivity contribution is 5.02. The fourth-order valence-corrected chi connectivity index (χ4v) is 2.12. The van der Waals surface area contributed by atoms with E-state index in [2.05, 4.69) is 17.2 Å². The molecule has 1 aromatic rings. The molecule has 2 aliphatic rings. The largest absolute Gasteiger partial charge is 0.442 e. The van der Waals surface area contributed by atoms with Crippen LogP contribution >= 0.6 is 0 Å². The number of hydrogen-bond donors (Lipinski definition) is 1. The Bertz CT molecular complexity index is 360. The van der Waals surface area contributed by atoms with Crippen LogP contribution in [0, 0.1) is 5.92 Å². The fraction of sp³-hybridized carbons (Fsp3) is 0.750. The molecule has 2 atom stereocenters. The van der Waals surface area contributed by atoms with Gasteiger partial charge in [0, 0.05) is 12.6 Å². The highest BCUT2D eigenvalue weighted by atomic mass is 16.5. The van der Waals surface area contributed by atoms with Gasteiger partial charge >= 0.3 is 0 Å². The number of nitrogens with zero attached hydrogens (tertiary/aromatic N) is 1. The van der Waals surface area contributed by atoms with E-state index in [1.165, 1.54) is 12.8 Å². The highest BCUT2D eigenvalue weighted by Crippen LogP contribution is 2.34. The van der Waals surface area contributed by atoms with E-state index in [9.17, 15) is 0 Å². The zero-order chi connectivity index (χ0) is 11.0. The summed E-state index contributed by atoms with van der Waals surface area (Å²) in [5.41, 5.74) is 0. The summed E-state index contributed by atoms with van der Waals surface area (Å²) >= 11 is 0. The van der Waals surface area contributed by atoms with Crippen LogP contribution < -0.4 is 5.32 Å². The van der Waals surface area contributed by atoms with Crippen molar-refractivity contribution in [1.29, 1.82) is 0 Å². The molecule has 0 aromatic carbocycles. The Morgan fingerprint density at radius 1 is 1.44 bits per heavy atom. The molecule has 0 spiro atoms. The number of rotatable bonds is 4. The number of aromatic nitrogens is 1. The van der Waals surface area contributed by atoms with Crippen LogP contribution in [0.1, 0.15) is 43.9 Å². The van der Waals surface area contributed by atoms with Crippen LogP contribution in [0.4, 0.5) is 0 Å². The van der Waals surface area contributed by atoms with Gasteiger partial charge in [0.1, 0.15) is 6.10 Å². The molecule has 2 heterocycles. The van der Waals surface area contributed by atoms with Crippen LogP contribution in [0.15, 0.2) is 10.6 Å². The molecule has 2 fully saturated rings. The zero-order valence-corrected chi connectivity index (χ0v) is 9.61. The van der Waals surface area contributed by atoms with Crippen molar-refractivity contribution in [2.24, 2.45) is 5.92 Å². The van der Waals surface area contributed by atoms with E-state index in [1.54, 1.807) is 0 Å². The lowest BCUT2D eigenvalue weighted by molar-refractivity contribution is 0.0748. The van der Waals surface area contributed by atoms with E-state index >= 15 is 0 Å². The van der Waals surface area contributed by atoms with Gasteiger partial charge in [0.2, 0.25) is 5.89 Å². The molecule has 3 rings (SSSR count). The maximum atomic E-state index is 5.72. The van der Waals surface area contributed by atoms with Crippen molar-refractivity contribution in [1.82, 2.24) is 10.3 Å². The van der Waals surface area contributed by atoms with E-state index in [-0.39, 0.29) is 6.10 Å². The summed E-state index contributed by atoms with van der Waals surface area (Å²) in [6.45, 7) is 3.77. The van der Waals surface area contributed by atoms with E-state index in [0.29, 0.717) is 12.0 Å². The Morgan fingerprint density at radius 3 is 3.00 bits per heavy atom. The average molecular weight is 222 g/mol. The summed E-state index contributed by atoms with van der Waals surface area (Å²) < 4.78 is 11.4. The first-order chi connectivity index (χ1) is 7.83. The molecule has 1 aliphatic heterocycles. The molecule has 1 aliphatic carbocycles. The maximum Gasteiger partial charge on any atom is 0.208 e. The molecule has 4 nitrogen and oxygen atoms in total. The van der Waals surface area contributed by atoms with E-state index in [0.717, 1.165) is 31.2 Å². The van der Waals surface area contributed by atoms with Crippen molar-refractivity contribution < 1.29 is 9.15 Å². The minimum absolute atomic E-state index is 0.113. The quantitative estimate of drug-likeness (QED) is 0.846. The van der Waals surface area contributed by atoms with Crippen LogP contribution in [0.2, 0.25) is 0 Å². The van der Waals surface area contributed by atoms with E-state index in [4.69, 9.17) is 9.15 Å². The number of oxazole rings is 1. The van der Waals surface area contributed by atoms with Crippen LogP contribution in [-0.4, -0.2) is 17.6 Å². The first-order valence-electron chi connectivity index (χ1n) is 6.12. The van der Waals surface area contributed by atoms with Crippen molar-refractivity contribution in [2.75, 3.05) is 6.61 Å². The van der Waals surface area contributed by atoms with Crippen molar-refractivity contribution in [3.63, 3.8) is 0 Å². The predicted molar refractivity (Wildman–Crippen MR) is 58.8 cm³/mol. The minimum Gasteiger partial charge on any atom is -0.442 e. The Labute approximate surface area is 95.4 Å². The predicted octanol–water partition coefficient (Wildman–Crippen LogP) is 2.02. The van der Waals surface area contributed by atoms with Crippen LogP contribution in [0.5, 0.6) is 0 Å². The molecule has 1 N–H and O–H groups in total. The lowest BCUT2D eigenvalue weighted by Crippen LogP contribution is -2.15. The summed E-state index contributed by atoms with van der Waals surface area (Å²) in [7, 11) is 0. The molecule has 2 unspecified atom stereocenters. The summed E-state index contributed by atoms with van der Waals surface area (Å²) in [5, 5.41) is 3.39. The van der Waals surface area contributed by atoms with E-state index < -0.39 is 0 Å². The lowest BCUT2D eigenvalue weighted by atomic mass is 10.0. The number of hydrogen-bond acceptors (Lipinski definition) is 4. The first-order valence-corrected chi connectivity index (χ1v) is 6.12. The van der Waals surface area contributed by atoms with Crippen molar-refractivity contribution in [2.45, 2.75) is 44.9 Å². The average Bonchev–Trinajstić information content (AvgIpc) is 2.82. The van der Waals surface area contributed by atoms with Gasteiger partial charge in [0.15, 0.2) is 5.76 Å². The second kappa shape index (κ2) is 4.18. The molecule has 88 valence electrons. The SMILES string of the molecule is CC1CCOC1c1cnc(CNC2CC2)o1. The Hall–Kier alpha value is -0.870. The van der Waals surface area contributed by atoms with Gasteiger partial charge in [-0.15, -0.1) is 0 Å². The van der Waals surface area contributed by atoms with Gasteiger partial charge in [-0.3, -0.25) is 0 Å². The van der Waals surface area contributed by atoms with Gasteiger partial charge in [-0.25, -0.2) is 4.98 Å². The molecule has 1 saturated carbocycles. The summed E-state index contributed by atoms with van der Waals surface area (Å²) in [6.07, 6.45) is 5.62. The molecular weight excluding hydrogens is 204 g/mol. The van der Waals surface area contributed by atoms with Gasteiger partial charge in [-0.2, -0.15) is 0 Å². The highest BCUT2D eigenvalue weighted by Gasteiger charge is 2.29. The van der Waals surface area contributed by atoms with Crippen LogP contribution in [0.25, 0.3) is 0 Å². The third-order valence-electron chi connectivity index (χ3n) is 3.36. The van der Waals surface area contributed by atoms with E-state index in [1.807, 2.05) is 6.20 Å². The molecule has 0 amide bonds. The maximum absolute atomic E-state index is 5.72. The Morgan fingerprint density at radius 2 is 2.31 bits per heavy atom. The molecule has 1 aromatic heterocycles. The standard InChI is InChI=1S/C12H18N2O2/c1-8-4-5-15-12(8)10-6-14-11(16-10)7-13-9-2-3-9/h6,8-9,12-13H,2-5,7H2,1H3. The third kappa shape index (κ3) is 2.13. The van der Waals surface area contributed by atoms with Crippen molar-refractivity contribution >= 4 is 0 Å². The number of nitrogens with one attached hydrogen (secondary N) is 1. The van der Waals surface area contributed by atoms with Gasteiger partial charge < -0.3 is 14.5 Å². The third-order valence-corrected chi connectivity index (χ3v) is 3.36. The molecule has 0 radical (unpaired) electrons. The van der Waals surface area contributed by atoms with Crippen molar-refractivity contribution in [3.05, 3.63) is 17.8 Å². The summed E-state index contributed by atoms with van der Waals surface area (Å²) in [4.78, 5) is 4.29. The van der Waals surface area contributed by atoms with Gasteiger partial charge in [-0.1, -0.05) is 6.92 Å². The Kier molecular flexibility index (Phi) is 2.69. The molecule has 1 saturated heterocycles. The smallest absolute Gasteiger partial charge is 0.208 e. The first kappa shape index (κ1) is 10.3. The second-order valence-electron chi connectivity index (χ2n) is 4.87. The van der Waals surface area contributed by atoms with Crippen molar-refractivity contribution in [3.8, 4) is 0 Å². The van der Waals surface area contributed by atoms with Gasteiger partial charge in [0.25, 0.3) is 0 Å². The molecule has 16 heavy (non-hydrogen) atoms. The monoisotopic (exact) mass is 222 g/mol. The second-order valence-corrected chi connectivity index (χ2v) is 4.87. The topological polar surface area (TPSA) is 47.3 Å². The normalized spacial score (nSPS) is 29.8. The fourth-order valence-electron chi connectivity index (χ4n) is 2.12. The number of ether oxygens (including phenoxy) is 1. The van der Waals surface area contributed by atoms with Crippen LogP contribution in [0.3, 0.4) is 0 Å². The molecule has 4 heteroatoms. The zero-order valence-electron chi connectivity index (χ0n) is 9.61. The van der Waals surface area contributed by atoms with Gasteiger partial charge in [0.05, 0.1) is 12.7 Å². The van der Waals surface area contributed by atoms with Gasteiger partial charge in [-0.05, 0) is 25.2 Å². The summed E-state index contributed by atoms with van der Waals surface area (Å²) in [6, 6.07) is 0.692. The molecule has 0 bridgehead atoms. The minimum atomic E-state index is 0.113. The molecular formula is C12H18N2O2. The Balaban J connectivity index is 1.62. The lowest BCUT2D eigenvalue weighted by Gasteiger charge is -2.10.